The van der Waals surface area contributed by atoms with Crippen molar-refractivity contribution in [3.05, 3.63) is 48.0 Å². The van der Waals surface area contributed by atoms with Gasteiger partial charge in [-0.3, -0.25) is 0 Å². The molecule has 2 aromatic carbocycles. The van der Waals surface area contributed by atoms with Crippen molar-refractivity contribution >= 4 is 19.9 Å². The van der Waals surface area contributed by atoms with Gasteiger partial charge in [0.1, 0.15) is 13.2 Å². The fourth-order valence-corrected chi connectivity index (χ4v) is 5.94. The Hall–Kier alpha value is -2.10. The third-order valence-corrected chi connectivity index (χ3v) is 8.06. The SMILES string of the molecule is CS(=O)(=O)c1ccc(S(=O)(=O)N2CCC[C@H]2c2ccc3c(c2)OCCO3)cc1. The van der Waals surface area contributed by atoms with Gasteiger partial charge in [-0.2, -0.15) is 4.31 Å². The summed E-state index contributed by atoms with van der Waals surface area (Å²) < 4.78 is 62.3. The van der Waals surface area contributed by atoms with Gasteiger partial charge in [0.15, 0.2) is 21.3 Å². The number of sulfonamides is 1. The Kier molecular flexibility index (Phi) is 4.84. The zero-order valence-corrected chi connectivity index (χ0v) is 17.0. The van der Waals surface area contributed by atoms with E-state index in [-0.39, 0.29) is 15.8 Å². The van der Waals surface area contributed by atoms with E-state index < -0.39 is 19.9 Å². The molecule has 0 spiro atoms. The second-order valence-electron chi connectivity index (χ2n) is 6.92. The monoisotopic (exact) mass is 423 g/mol. The van der Waals surface area contributed by atoms with Gasteiger partial charge >= 0.3 is 0 Å². The van der Waals surface area contributed by atoms with Gasteiger partial charge in [-0.1, -0.05) is 6.07 Å². The summed E-state index contributed by atoms with van der Waals surface area (Å²) in [7, 11) is -7.13. The second-order valence-corrected chi connectivity index (χ2v) is 10.8. The molecule has 2 aliphatic rings. The first-order valence-electron chi connectivity index (χ1n) is 8.98. The molecule has 2 aliphatic heterocycles. The molecule has 0 amide bonds. The van der Waals surface area contributed by atoms with Crippen LogP contribution >= 0.6 is 0 Å². The molecule has 0 N–H and O–H groups in total. The van der Waals surface area contributed by atoms with Crippen LogP contribution < -0.4 is 9.47 Å². The van der Waals surface area contributed by atoms with E-state index in [4.69, 9.17) is 9.47 Å². The maximum Gasteiger partial charge on any atom is 0.243 e. The Morgan fingerprint density at radius 3 is 2.21 bits per heavy atom. The molecule has 0 unspecified atom stereocenters. The molecule has 7 nitrogen and oxygen atoms in total. The van der Waals surface area contributed by atoms with E-state index in [1.54, 1.807) is 0 Å². The van der Waals surface area contributed by atoms with Crippen molar-refractivity contribution in [3.8, 4) is 11.5 Å². The highest BCUT2D eigenvalue weighted by Gasteiger charge is 2.36. The molecule has 0 saturated carbocycles. The lowest BCUT2D eigenvalue weighted by atomic mass is 10.0. The Balaban J connectivity index is 1.65. The minimum absolute atomic E-state index is 0.0874. The molecule has 0 aromatic heterocycles. The molecule has 150 valence electrons. The molecule has 0 bridgehead atoms. The summed E-state index contributed by atoms with van der Waals surface area (Å²) in [6.45, 7) is 1.38. The first-order chi connectivity index (χ1) is 13.3. The Morgan fingerprint density at radius 1 is 0.893 bits per heavy atom. The van der Waals surface area contributed by atoms with Crippen LogP contribution in [0.3, 0.4) is 0 Å². The van der Waals surface area contributed by atoms with Crippen LogP contribution in [0.25, 0.3) is 0 Å². The van der Waals surface area contributed by atoms with Crippen molar-refractivity contribution in [1.29, 1.82) is 0 Å². The van der Waals surface area contributed by atoms with Crippen LogP contribution in [0.15, 0.2) is 52.3 Å². The predicted molar refractivity (Wildman–Crippen MR) is 103 cm³/mol. The van der Waals surface area contributed by atoms with Crippen molar-refractivity contribution in [2.45, 2.75) is 28.7 Å². The quantitative estimate of drug-likeness (QED) is 0.750. The summed E-state index contributed by atoms with van der Waals surface area (Å²) in [6.07, 6.45) is 2.55. The Labute approximate surface area is 164 Å². The number of rotatable bonds is 4. The molecule has 1 saturated heterocycles. The predicted octanol–water partition coefficient (Wildman–Crippen LogP) is 2.39. The lowest BCUT2D eigenvalue weighted by Crippen LogP contribution is -2.30. The van der Waals surface area contributed by atoms with Crippen LogP contribution in [0.2, 0.25) is 0 Å². The summed E-state index contributed by atoms with van der Waals surface area (Å²) in [6, 6.07) is 10.6. The minimum atomic E-state index is -3.75. The van der Waals surface area contributed by atoms with Crippen molar-refractivity contribution < 1.29 is 26.3 Å². The first kappa shape index (κ1) is 19.2. The van der Waals surface area contributed by atoms with Gasteiger partial charge in [0.2, 0.25) is 10.0 Å². The Bertz CT molecular complexity index is 1090. The minimum Gasteiger partial charge on any atom is -0.486 e. The van der Waals surface area contributed by atoms with Crippen molar-refractivity contribution in [2.24, 2.45) is 0 Å². The van der Waals surface area contributed by atoms with E-state index in [9.17, 15) is 16.8 Å². The topological polar surface area (TPSA) is 90.0 Å². The molecule has 28 heavy (non-hydrogen) atoms. The highest BCUT2D eigenvalue weighted by molar-refractivity contribution is 7.90. The fourth-order valence-electron chi connectivity index (χ4n) is 3.62. The van der Waals surface area contributed by atoms with Gasteiger partial charge in [-0.25, -0.2) is 16.8 Å². The number of hydrogen-bond donors (Lipinski definition) is 0. The molecule has 2 heterocycles. The molecule has 0 aliphatic carbocycles. The summed E-state index contributed by atoms with van der Waals surface area (Å²) in [5.74, 6) is 1.30. The molecule has 9 heteroatoms. The lowest BCUT2D eigenvalue weighted by molar-refractivity contribution is 0.171. The number of benzene rings is 2. The molecule has 4 rings (SSSR count). The van der Waals surface area contributed by atoms with Crippen LogP contribution in [-0.2, 0) is 19.9 Å². The molecule has 1 atom stereocenters. The zero-order valence-electron chi connectivity index (χ0n) is 15.4. The maximum atomic E-state index is 13.2. The zero-order chi connectivity index (χ0) is 19.9. The largest absolute Gasteiger partial charge is 0.486 e. The van der Waals surface area contributed by atoms with Crippen LogP contribution in [0, 0.1) is 0 Å². The smallest absolute Gasteiger partial charge is 0.243 e. The number of fused-ring (bicyclic) bond motifs is 1. The average Bonchev–Trinajstić information content (AvgIpc) is 3.18. The second kappa shape index (κ2) is 7.06. The van der Waals surface area contributed by atoms with Crippen molar-refractivity contribution in [1.82, 2.24) is 4.31 Å². The van der Waals surface area contributed by atoms with Crippen LogP contribution in [0.1, 0.15) is 24.4 Å². The van der Waals surface area contributed by atoms with E-state index in [1.807, 2.05) is 18.2 Å². The van der Waals surface area contributed by atoms with Gasteiger partial charge in [0.05, 0.1) is 15.8 Å². The van der Waals surface area contributed by atoms with Crippen molar-refractivity contribution in [3.63, 3.8) is 0 Å². The third kappa shape index (κ3) is 3.49. The van der Waals surface area contributed by atoms with Crippen LogP contribution in [0.5, 0.6) is 11.5 Å². The molecule has 0 radical (unpaired) electrons. The number of sulfone groups is 1. The number of ether oxygens (including phenoxy) is 2. The lowest BCUT2D eigenvalue weighted by Gasteiger charge is -2.26. The summed E-state index contributed by atoms with van der Waals surface area (Å²) in [5, 5.41) is 0. The molecule has 2 aromatic rings. The highest BCUT2D eigenvalue weighted by atomic mass is 32.2. The van der Waals surface area contributed by atoms with Gasteiger partial charge in [-0.15, -0.1) is 0 Å². The van der Waals surface area contributed by atoms with Gasteiger partial charge in [-0.05, 0) is 54.8 Å². The van der Waals surface area contributed by atoms with E-state index in [1.165, 1.54) is 28.6 Å². The Morgan fingerprint density at radius 2 is 1.54 bits per heavy atom. The van der Waals surface area contributed by atoms with E-state index in [2.05, 4.69) is 0 Å². The van der Waals surface area contributed by atoms with Crippen molar-refractivity contribution in [2.75, 3.05) is 26.0 Å². The van der Waals surface area contributed by atoms with Crippen LogP contribution in [0.4, 0.5) is 0 Å². The normalized spacial score (nSPS) is 20.2. The van der Waals surface area contributed by atoms with Gasteiger partial charge in [0.25, 0.3) is 0 Å². The summed E-state index contributed by atoms with van der Waals surface area (Å²) in [5.41, 5.74) is 0.859. The standard InChI is InChI=1S/C19H21NO6S2/c1-27(21,22)15-5-7-16(8-6-15)28(23,24)20-10-2-3-17(20)14-4-9-18-19(13-14)26-12-11-25-18/h4-9,13,17H,2-3,10-12H2,1H3/t17-/m0/s1. The maximum absolute atomic E-state index is 13.2. The van der Waals surface area contributed by atoms with Gasteiger partial charge in [0, 0.05) is 12.8 Å². The summed E-state index contributed by atoms with van der Waals surface area (Å²) >= 11 is 0. The fraction of sp³-hybridized carbons (Fsp3) is 0.368. The molecular weight excluding hydrogens is 402 g/mol. The first-order valence-corrected chi connectivity index (χ1v) is 12.3. The van der Waals surface area contributed by atoms with E-state index >= 15 is 0 Å². The number of hydrogen-bond acceptors (Lipinski definition) is 6. The average molecular weight is 424 g/mol. The molecular formula is C19H21NO6S2. The van der Waals surface area contributed by atoms with E-state index in [0.717, 1.165) is 18.2 Å². The van der Waals surface area contributed by atoms with Gasteiger partial charge < -0.3 is 9.47 Å². The molecule has 1 fully saturated rings. The van der Waals surface area contributed by atoms with Crippen LogP contribution in [-0.4, -0.2) is 47.2 Å². The van der Waals surface area contributed by atoms with E-state index in [0.29, 0.717) is 37.7 Å². The third-order valence-electron chi connectivity index (χ3n) is 5.01. The number of nitrogens with zero attached hydrogens (tertiary/aromatic N) is 1. The summed E-state index contributed by atoms with van der Waals surface area (Å²) in [4.78, 5) is 0.181. The highest BCUT2D eigenvalue weighted by Crippen LogP contribution is 2.40.